The molecule has 3 aliphatic carbocycles. The Hall–Kier alpha value is -0.790. The topological polar surface area (TPSA) is 26.3 Å². The van der Waals surface area contributed by atoms with Crippen LogP contribution >= 0.6 is 0 Å². The van der Waals surface area contributed by atoms with Crippen molar-refractivity contribution in [2.24, 2.45) is 23.2 Å². The molecule has 0 aromatic rings. The molecule has 76 valence electrons. The highest BCUT2D eigenvalue weighted by molar-refractivity contribution is 5.77. The summed E-state index contributed by atoms with van der Waals surface area (Å²) in [4.78, 5) is 11.7. The van der Waals surface area contributed by atoms with Gasteiger partial charge in [0.1, 0.15) is 0 Å². The Bertz CT molecular complexity index is 307. The Morgan fingerprint density at radius 2 is 2.36 bits per heavy atom. The Morgan fingerprint density at radius 3 is 2.93 bits per heavy atom. The highest BCUT2D eigenvalue weighted by atomic mass is 16.5. The van der Waals surface area contributed by atoms with E-state index in [1.165, 1.54) is 12.8 Å². The number of rotatable bonds is 1. The third kappa shape index (κ3) is 0.800. The third-order valence-electron chi connectivity index (χ3n) is 4.58. The van der Waals surface area contributed by atoms with Crippen molar-refractivity contribution in [3.8, 4) is 0 Å². The zero-order chi connectivity index (χ0) is 9.76. The number of hydrogen-bond donors (Lipinski definition) is 0. The number of carbonyl (C=O) groups excluding carboxylic acids is 1. The first-order valence-corrected chi connectivity index (χ1v) is 5.63. The molecule has 4 unspecified atom stereocenters. The van der Waals surface area contributed by atoms with Crippen LogP contribution < -0.4 is 0 Å². The molecule has 4 atom stereocenters. The molecule has 0 aromatic heterocycles. The zero-order valence-electron chi connectivity index (χ0n) is 8.53. The molecule has 4 aliphatic rings. The van der Waals surface area contributed by atoms with Crippen LogP contribution in [0.25, 0.3) is 0 Å². The van der Waals surface area contributed by atoms with Crippen LogP contribution in [-0.2, 0) is 9.53 Å². The van der Waals surface area contributed by atoms with Crippen molar-refractivity contribution in [1.82, 2.24) is 0 Å². The van der Waals surface area contributed by atoms with Crippen molar-refractivity contribution in [3.05, 3.63) is 12.2 Å². The second-order valence-corrected chi connectivity index (χ2v) is 4.90. The van der Waals surface area contributed by atoms with E-state index in [0.29, 0.717) is 18.4 Å². The molecule has 2 heteroatoms. The molecule has 14 heavy (non-hydrogen) atoms. The molecular weight excluding hydrogens is 176 g/mol. The first-order chi connectivity index (χ1) is 6.78. The standard InChI is InChI=1S/C12H16O2/c1-2-12-7-14-11(13)10(12)8-3-5-9(12)6-4-8/h3,5,8-10H,2,4,6-7H2,1H3. The minimum Gasteiger partial charge on any atom is -0.465 e. The van der Waals surface area contributed by atoms with Gasteiger partial charge < -0.3 is 4.74 Å². The summed E-state index contributed by atoms with van der Waals surface area (Å²) in [7, 11) is 0. The highest BCUT2D eigenvalue weighted by Gasteiger charge is 2.59. The average Bonchev–Trinajstić information content (AvgIpc) is 2.61. The monoisotopic (exact) mass is 192 g/mol. The molecule has 2 bridgehead atoms. The van der Waals surface area contributed by atoms with Gasteiger partial charge in [0, 0.05) is 5.41 Å². The summed E-state index contributed by atoms with van der Waals surface area (Å²) in [5.74, 6) is 1.30. The van der Waals surface area contributed by atoms with E-state index in [0.717, 1.165) is 6.42 Å². The Kier molecular flexibility index (Phi) is 1.59. The van der Waals surface area contributed by atoms with Crippen molar-refractivity contribution in [3.63, 3.8) is 0 Å². The van der Waals surface area contributed by atoms with E-state index in [1.807, 2.05) is 0 Å². The van der Waals surface area contributed by atoms with Crippen molar-refractivity contribution >= 4 is 5.97 Å². The van der Waals surface area contributed by atoms with E-state index in [-0.39, 0.29) is 17.3 Å². The summed E-state index contributed by atoms with van der Waals surface area (Å²) in [5, 5.41) is 0. The number of carbonyl (C=O) groups is 1. The van der Waals surface area contributed by atoms with Gasteiger partial charge in [0.25, 0.3) is 0 Å². The molecular formula is C12H16O2. The largest absolute Gasteiger partial charge is 0.465 e. The summed E-state index contributed by atoms with van der Waals surface area (Å²) in [5.41, 5.74) is 0.161. The second-order valence-electron chi connectivity index (χ2n) is 4.90. The van der Waals surface area contributed by atoms with E-state index >= 15 is 0 Å². The number of hydrogen-bond acceptors (Lipinski definition) is 2. The minimum atomic E-state index is 0.0610. The molecule has 0 aromatic carbocycles. The van der Waals surface area contributed by atoms with E-state index < -0.39 is 0 Å². The molecule has 1 heterocycles. The summed E-state index contributed by atoms with van der Waals surface area (Å²) in [6.45, 7) is 2.86. The number of allylic oxidation sites excluding steroid dienone is 2. The molecule has 1 saturated carbocycles. The van der Waals surface area contributed by atoms with Crippen LogP contribution in [0.15, 0.2) is 12.2 Å². The highest BCUT2D eigenvalue weighted by Crippen LogP contribution is 2.57. The van der Waals surface area contributed by atoms with Gasteiger partial charge in [-0.25, -0.2) is 0 Å². The molecule has 1 aliphatic heterocycles. The SMILES string of the molecule is CCC12COC(=O)C1C1C=CC2CC1. The van der Waals surface area contributed by atoms with Gasteiger partial charge in [-0.15, -0.1) is 0 Å². The maximum atomic E-state index is 11.7. The van der Waals surface area contributed by atoms with E-state index in [9.17, 15) is 4.79 Å². The quantitative estimate of drug-likeness (QED) is 0.470. The van der Waals surface area contributed by atoms with Crippen LogP contribution in [-0.4, -0.2) is 12.6 Å². The lowest BCUT2D eigenvalue weighted by molar-refractivity contribution is -0.143. The van der Waals surface area contributed by atoms with Gasteiger partial charge in [-0.05, 0) is 31.1 Å². The Balaban J connectivity index is 2.08. The van der Waals surface area contributed by atoms with Gasteiger partial charge in [0.15, 0.2) is 0 Å². The van der Waals surface area contributed by atoms with Crippen molar-refractivity contribution < 1.29 is 9.53 Å². The molecule has 0 amide bonds. The van der Waals surface area contributed by atoms with Gasteiger partial charge in [-0.2, -0.15) is 0 Å². The fourth-order valence-corrected chi connectivity index (χ4v) is 3.74. The fraction of sp³-hybridized carbons (Fsp3) is 0.750. The zero-order valence-corrected chi connectivity index (χ0v) is 8.53. The number of esters is 1. The maximum absolute atomic E-state index is 11.7. The van der Waals surface area contributed by atoms with Crippen LogP contribution in [0.3, 0.4) is 0 Å². The van der Waals surface area contributed by atoms with Crippen LogP contribution in [0.5, 0.6) is 0 Å². The van der Waals surface area contributed by atoms with E-state index in [4.69, 9.17) is 4.74 Å². The number of cyclic esters (lactones) is 1. The predicted octanol–water partition coefficient (Wildman–Crippen LogP) is 2.15. The molecule has 1 saturated heterocycles. The first kappa shape index (κ1) is 8.51. The van der Waals surface area contributed by atoms with Crippen molar-refractivity contribution in [1.29, 1.82) is 0 Å². The third-order valence-corrected chi connectivity index (χ3v) is 4.58. The van der Waals surface area contributed by atoms with Gasteiger partial charge in [-0.3, -0.25) is 4.79 Å². The summed E-state index contributed by atoms with van der Waals surface area (Å²) >= 11 is 0. The summed E-state index contributed by atoms with van der Waals surface area (Å²) in [6, 6.07) is 0. The molecule has 4 rings (SSSR count). The normalized spacial score (nSPS) is 49.2. The molecule has 2 fully saturated rings. The van der Waals surface area contributed by atoms with Crippen LogP contribution in [0.4, 0.5) is 0 Å². The van der Waals surface area contributed by atoms with Gasteiger partial charge in [0.05, 0.1) is 12.5 Å². The first-order valence-electron chi connectivity index (χ1n) is 5.63. The number of fused-ring (bicyclic) bond motifs is 1. The van der Waals surface area contributed by atoms with Crippen molar-refractivity contribution in [2.75, 3.05) is 6.61 Å². The number of ether oxygens (including phenoxy) is 1. The predicted molar refractivity (Wildman–Crippen MR) is 52.5 cm³/mol. The van der Waals surface area contributed by atoms with Gasteiger partial charge in [0.2, 0.25) is 0 Å². The lowest BCUT2D eigenvalue weighted by Gasteiger charge is -2.48. The smallest absolute Gasteiger partial charge is 0.310 e. The summed E-state index contributed by atoms with van der Waals surface area (Å²) < 4.78 is 5.30. The summed E-state index contributed by atoms with van der Waals surface area (Å²) in [6.07, 6.45) is 8.09. The lowest BCUT2D eigenvalue weighted by atomic mass is 9.53. The minimum absolute atomic E-state index is 0.0610. The lowest BCUT2D eigenvalue weighted by Crippen LogP contribution is -2.47. The molecule has 0 radical (unpaired) electrons. The molecule has 2 nitrogen and oxygen atoms in total. The Labute approximate surface area is 84.3 Å². The Morgan fingerprint density at radius 1 is 1.50 bits per heavy atom. The second kappa shape index (κ2) is 2.62. The van der Waals surface area contributed by atoms with Crippen LogP contribution in [0, 0.1) is 23.2 Å². The van der Waals surface area contributed by atoms with E-state index in [1.54, 1.807) is 0 Å². The van der Waals surface area contributed by atoms with Crippen LogP contribution in [0.2, 0.25) is 0 Å². The average molecular weight is 192 g/mol. The van der Waals surface area contributed by atoms with Crippen LogP contribution in [0.1, 0.15) is 26.2 Å². The van der Waals surface area contributed by atoms with Gasteiger partial charge in [-0.1, -0.05) is 19.1 Å². The maximum Gasteiger partial charge on any atom is 0.310 e. The molecule has 0 spiro atoms. The molecule has 0 N–H and O–H groups in total. The fourth-order valence-electron chi connectivity index (χ4n) is 3.74. The van der Waals surface area contributed by atoms with Gasteiger partial charge >= 0.3 is 5.97 Å². The van der Waals surface area contributed by atoms with E-state index in [2.05, 4.69) is 19.1 Å². The van der Waals surface area contributed by atoms with Crippen molar-refractivity contribution in [2.45, 2.75) is 26.2 Å².